The van der Waals surface area contributed by atoms with E-state index < -0.39 is 10.0 Å². The molecule has 1 aromatic carbocycles. The first-order chi connectivity index (χ1) is 10.3. The van der Waals surface area contributed by atoms with E-state index in [0.717, 1.165) is 0 Å². The molecular weight excluding hydrogens is 330 g/mol. The summed E-state index contributed by atoms with van der Waals surface area (Å²) < 4.78 is 30.0. The van der Waals surface area contributed by atoms with Crippen molar-refractivity contribution in [2.45, 2.75) is 13.3 Å². The number of rotatable bonds is 8. The molecule has 0 bridgehead atoms. The van der Waals surface area contributed by atoms with Crippen LogP contribution in [0.3, 0.4) is 0 Å². The third-order valence-electron chi connectivity index (χ3n) is 2.90. The van der Waals surface area contributed by atoms with Crippen LogP contribution in [0.5, 0.6) is 5.75 Å². The minimum absolute atomic E-state index is 0.0283. The van der Waals surface area contributed by atoms with Gasteiger partial charge < -0.3 is 15.8 Å². The molecule has 9 heteroatoms. The smallest absolute Gasteiger partial charge is 0.255 e. The Balaban J connectivity index is 2.55. The average molecular weight is 350 g/mol. The summed E-state index contributed by atoms with van der Waals surface area (Å²) >= 11 is 5.90. The Bertz CT molecular complexity index is 634. The van der Waals surface area contributed by atoms with Gasteiger partial charge in [-0.1, -0.05) is 11.6 Å². The number of amides is 1. The number of nitrogens with one attached hydrogen (secondary N) is 2. The first kappa shape index (κ1) is 18.5. The van der Waals surface area contributed by atoms with Crippen LogP contribution in [0.4, 0.5) is 5.69 Å². The van der Waals surface area contributed by atoms with Gasteiger partial charge in [-0.05, 0) is 19.4 Å². The van der Waals surface area contributed by atoms with Crippen molar-refractivity contribution in [3.63, 3.8) is 0 Å². The molecule has 7 nitrogen and oxygen atoms in total. The number of carbonyl (C=O) groups is 1. The van der Waals surface area contributed by atoms with Gasteiger partial charge in [0.15, 0.2) is 0 Å². The first-order valence-electron chi connectivity index (χ1n) is 6.69. The summed E-state index contributed by atoms with van der Waals surface area (Å²) in [6.07, 6.45) is 0.468. The maximum Gasteiger partial charge on any atom is 0.255 e. The number of ether oxygens (including phenoxy) is 1. The van der Waals surface area contributed by atoms with E-state index >= 15 is 0 Å². The Labute approximate surface area is 135 Å². The Hall–Kier alpha value is -1.51. The van der Waals surface area contributed by atoms with Crippen molar-refractivity contribution in [2.75, 3.05) is 31.7 Å². The molecule has 0 aliphatic heterocycles. The summed E-state index contributed by atoms with van der Waals surface area (Å²) in [5.74, 6) is -0.0104. The van der Waals surface area contributed by atoms with Crippen molar-refractivity contribution in [1.29, 1.82) is 0 Å². The summed E-state index contributed by atoms with van der Waals surface area (Å²) in [6.45, 7) is 2.13. The monoisotopic (exact) mass is 349 g/mol. The van der Waals surface area contributed by atoms with Gasteiger partial charge >= 0.3 is 0 Å². The minimum Gasteiger partial charge on any atom is -0.496 e. The number of hydrogen-bond acceptors (Lipinski definition) is 5. The van der Waals surface area contributed by atoms with Crippen molar-refractivity contribution >= 4 is 33.2 Å². The largest absolute Gasteiger partial charge is 0.496 e. The van der Waals surface area contributed by atoms with Crippen LogP contribution in [0.2, 0.25) is 5.02 Å². The summed E-state index contributed by atoms with van der Waals surface area (Å²) in [6, 6.07) is 2.91. The maximum atomic E-state index is 12.1. The molecule has 0 saturated carbocycles. The van der Waals surface area contributed by atoms with Gasteiger partial charge in [-0.25, -0.2) is 13.1 Å². The van der Waals surface area contributed by atoms with Crippen molar-refractivity contribution in [3.8, 4) is 5.75 Å². The highest BCUT2D eigenvalue weighted by molar-refractivity contribution is 7.89. The number of hydrogen-bond donors (Lipinski definition) is 3. The Morgan fingerprint density at radius 1 is 1.36 bits per heavy atom. The zero-order chi connectivity index (χ0) is 16.8. The Morgan fingerprint density at radius 3 is 2.64 bits per heavy atom. The van der Waals surface area contributed by atoms with Crippen LogP contribution in [0.15, 0.2) is 12.1 Å². The zero-order valence-electron chi connectivity index (χ0n) is 12.5. The number of anilines is 1. The third kappa shape index (κ3) is 5.36. The van der Waals surface area contributed by atoms with Crippen molar-refractivity contribution in [3.05, 3.63) is 22.7 Å². The fourth-order valence-electron chi connectivity index (χ4n) is 1.63. The molecule has 1 aromatic rings. The lowest BCUT2D eigenvalue weighted by molar-refractivity contribution is 0.0950. The van der Waals surface area contributed by atoms with E-state index in [4.69, 9.17) is 22.1 Å². The van der Waals surface area contributed by atoms with Crippen molar-refractivity contribution in [1.82, 2.24) is 10.0 Å². The summed E-state index contributed by atoms with van der Waals surface area (Å²) in [5, 5.41) is 2.94. The molecule has 124 valence electrons. The number of nitrogens with two attached hydrogens (primary N) is 1. The number of nitrogen functional groups attached to an aromatic ring is 1. The van der Waals surface area contributed by atoms with Gasteiger partial charge in [0.2, 0.25) is 10.0 Å². The fourth-order valence-corrected chi connectivity index (χ4v) is 2.45. The van der Waals surface area contributed by atoms with Crippen LogP contribution >= 0.6 is 11.6 Å². The van der Waals surface area contributed by atoms with Crippen LogP contribution in [-0.2, 0) is 10.0 Å². The van der Waals surface area contributed by atoms with Crippen LogP contribution < -0.4 is 20.5 Å². The molecule has 0 aliphatic rings. The first-order valence-corrected chi connectivity index (χ1v) is 8.72. The van der Waals surface area contributed by atoms with Crippen molar-refractivity contribution < 1.29 is 17.9 Å². The van der Waals surface area contributed by atoms with E-state index in [0.29, 0.717) is 24.4 Å². The lowest BCUT2D eigenvalue weighted by atomic mass is 10.1. The lowest BCUT2D eigenvalue weighted by Crippen LogP contribution is -2.30. The quantitative estimate of drug-likeness (QED) is 0.479. The van der Waals surface area contributed by atoms with Gasteiger partial charge in [0.05, 0.1) is 29.1 Å². The zero-order valence-corrected chi connectivity index (χ0v) is 14.1. The van der Waals surface area contributed by atoms with Crippen LogP contribution in [0.1, 0.15) is 23.7 Å². The molecule has 0 fully saturated rings. The van der Waals surface area contributed by atoms with E-state index in [2.05, 4.69) is 10.0 Å². The standard InChI is InChI=1S/C13H20ClN3O4S/c1-3-22(19,20)17-6-4-5-16-13(18)9-7-10(14)11(15)8-12(9)21-2/h7-8,17H,3-6,15H2,1-2H3,(H,16,18). The van der Waals surface area contributed by atoms with E-state index in [9.17, 15) is 13.2 Å². The maximum absolute atomic E-state index is 12.1. The lowest BCUT2D eigenvalue weighted by Gasteiger charge is -2.11. The highest BCUT2D eigenvalue weighted by Gasteiger charge is 2.14. The van der Waals surface area contributed by atoms with Gasteiger partial charge in [0.1, 0.15) is 5.75 Å². The molecule has 22 heavy (non-hydrogen) atoms. The molecule has 0 unspecified atom stereocenters. The molecule has 0 aliphatic carbocycles. The molecule has 0 spiro atoms. The Morgan fingerprint density at radius 2 is 2.05 bits per heavy atom. The predicted octanol–water partition coefficient (Wildman–Crippen LogP) is 0.990. The third-order valence-corrected chi connectivity index (χ3v) is 4.64. The van der Waals surface area contributed by atoms with E-state index in [1.54, 1.807) is 6.92 Å². The minimum atomic E-state index is -3.21. The number of sulfonamides is 1. The molecule has 0 atom stereocenters. The molecule has 0 aromatic heterocycles. The topological polar surface area (TPSA) is 111 Å². The SMILES string of the molecule is CCS(=O)(=O)NCCCNC(=O)c1cc(Cl)c(N)cc1OC. The van der Waals surface area contributed by atoms with Gasteiger partial charge in [0.25, 0.3) is 5.91 Å². The highest BCUT2D eigenvalue weighted by atomic mass is 35.5. The van der Waals surface area contributed by atoms with E-state index in [-0.39, 0.29) is 28.8 Å². The fraction of sp³-hybridized carbons (Fsp3) is 0.462. The van der Waals surface area contributed by atoms with Gasteiger partial charge in [-0.15, -0.1) is 0 Å². The van der Waals surface area contributed by atoms with Crippen LogP contribution in [0.25, 0.3) is 0 Å². The van der Waals surface area contributed by atoms with Crippen LogP contribution in [0, 0.1) is 0 Å². The Kier molecular flexibility index (Phi) is 6.92. The number of methoxy groups -OCH3 is 1. The summed E-state index contributed by atoms with van der Waals surface area (Å²) in [5.41, 5.74) is 6.25. The van der Waals surface area contributed by atoms with Crippen molar-refractivity contribution in [2.24, 2.45) is 0 Å². The number of halogens is 1. The molecule has 0 heterocycles. The second-order valence-electron chi connectivity index (χ2n) is 4.48. The second kappa shape index (κ2) is 8.21. The molecular formula is C13H20ClN3O4S. The highest BCUT2D eigenvalue weighted by Crippen LogP contribution is 2.28. The normalized spacial score (nSPS) is 11.2. The molecule has 1 rings (SSSR count). The van der Waals surface area contributed by atoms with Crippen LogP contribution in [-0.4, -0.2) is 40.3 Å². The van der Waals surface area contributed by atoms with E-state index in [1.165, 1.54) is 19.2 Å². The number of benzene rings is 1. The van der Waals surface area contributed by atoms with Gasteiger partial charge in [0, 0.05) is 19.2 Å². The second-order valence-corrected chi connectivity index (χ2v) is 6.98. The number of carbonyl (C=O) groups excluding carboxylic acids is 1. The molecule has 0 radical (unpaired) electrons. The average Bonchev–Trinajstić information content (AvgIpc) is 2.48. The molecule has 0 saturated heterocycles. The van der Waals surface area contributed by atoms with E-state index in [1.807, 2.05) is 0 Å². The summed E-state index contributed by atoms with van der Waals surface area (Å²) in [7, 11) is -1.78. The summed E-state index contributed by atoms with van der Waals surface area (Å²) in [4.78, 5) is 12.1. The van der Waals surface area contributed by atoms with Gasteiger partial charge in [-0.2, -0.15) is 0 Å². The van der Waals surface area contributed by atoms with Gasteiger partial charge in [-0.3, -0.25) is 4.79 Å². The molecule has 4 N–H and O–H groups in total. The predicted molar refractivity (Wildman–Crippen MR) is 86.8 cm³/mol. The molecule has 1 amide bonds.